The second-order valence-electron chi connectivity index (χ2n) is 3.16. The lowest BCUT2D eigenvalue weighted by atomic mass is 10.2. The summed E-state index contributed by atoms with van der Waals surface area (Å²) < 4.78 is 0. The molecule has 16 heavy (non-hydrogen) atoms. The average Bonchev–Trinajstić information content (AvgIpc) is 2.26. The largest absolute Gasteiger partial charge is 0.399 e. The van der Waals surface area contributed by atoms with Gasteiger partial charge in [-0.15, -0.1) is 0 Å². The van der Waals surface area contributed by atoms with Crippen molar-refractivity contribution in [2.75, 3.05) is 11.5 Å². The van der Waals surface area contributed by atoms with Crippen LogP contribution in [0.4, 0.5) is 11.4 Å². The van der Waals surface area contributed by atoms with Crippen molar-refractivity contribution in [1.29, 1.82) is 0 Å². The third-order valence-corrected chi connectivity index (χ3v) is 2.72. The fourth-order valence-corrected chi connectivity index (χ4v) is 1.67. The van der Waals surface area contributed by atoms with Gasteiger partial charge < -0.3 is 11.5 Å². The Morgan fingerprint density at radius 3 is 2.56 bits per heavy atom. The van der Waals surface area contributed by atoms with Crippen LogP contribution in [0.1, 0.15) is 0 Å². The molecule has 0 bridgehead atoms. The predicted octanol–water partition coefficient (Wildman–Crippen LogP) is 2.61. The molecule has 2 heterocycles. The number of hydrogen-bond acceptors (Lipinski definition) is 4. The zero-order chi connectivity index (χ0) is 11.7. The lowest BCUT2D eigenvalue weighted by molar-refractivity contribution is 1.25. The monoisotopic (exact) mass is 254 g/mol. The van der Waals surface area contributed by atoms with E-state index in [9.17, 15) is 0 Å². The van der Waals surface area contributed by atoms with E-state index < -0.39 is 0 Å². The van der Waals surface area contributed by atoms with Gasteiger partial charge in [0.15, 0.2) is 0 Å². The summed E-state index contributed by atoms with van der Waals surface area (Å²) in [5, 5.41) is 0.600. The summed E-state index contributed by atoms with van der Waals surface area (Å²) in [7, 11) is 0. The highest BCUT2D eigenvalue weighted by Gasteiger charge is 2.12. The van der Waals surface area contributed by atoms with Gasteiger partial charge in [-0.3, -0.25) is 9.97 Å². The van der Waals surface area contributed by atoms with Crippen molar-refractivity contribution in [2.24, 2.45) is 0 Å². The van der Waals surface area contributed by atoms with Gasteiger partial charge in [-0.05, 0) is 12.1 Å². The molecule has 0 fully saturated rings. The van der Waals surface area contributed by atoms with Crippen molar-refractivity contribution in [3.05, 3.63) is 34.6 Å². The molecule has 0 saturated carbocycles. The molecule has 4 nitrogen and oxygen atoms in total. The Bertz CT molecular complexity index is 542. The van der Waals surface area contributed by atoms with Gasteiger partial charge in [0.1, 0.15) is 5.69 Å². The quantitative estimate of drug-likeness (QED) is 0.820. The maximum atomic E-state index is 6.03. The van der Waals surface area contributed by atoms with Gasteiger partial charge in [0.2, 0.25) is 0 Å². The van der Waals surface area contributed by atoms with E-state index in [0.717, 1.165) is 0 Å². The lowest BCUT2D eigenvalue weighted by Crippen LogP contribution is -1.96. The Kier molecular flexibility index (Phi) is 2.85. The Balaban J connectivity index is 2.61. The Labute approximate surface area is 102 Å². The average molecular weight is 255 g/mol. The minimum absolute atomic E-state index is 0.283. The molecule has 82 valence electrons. The number of aromatic nitrogens is 2. The molecular formula is C10H8Cl2N4. The molecule has 4 N–H and O–H groups in total. The zero-order valence-electron chi connectivity index (χ0n) is 8.11. The smallest absolute Gasteiger partial charge is 0.109 e. The maximum absolute atomic E-state index is 6.03. The Morgan fingerprint density at radius 2 is 1.88 bits per heavy atom. The summed E-state index contributed by atoms with van der Waals surface area (Å²) in [6.45, 7) is 0. The van der Waals surface area contributed by atoms with Crippen LogP contribution in [-0.2, 0) is 0 Å². The summed E-state index contributed by atoms with van der Waals surface area (Å²) in [6.07, 6.45) is 3.01. The fourth-order valence-electron chi connectivity index (χ4n) is 1.23. The summed E-state index contributed by atoms with van der Waals surface area (Å²) in [5.74, 6) is 0. The molecule has 0 saturated heterocycles. The van der Waals surface area contributed by atoms with Gasteiger partial charge in [0, 0.05) is 18.1 Å². The van der Waals surface area contributed by atoms with E-state index in [4.69, 9.17) is 34.7 Å². The number of nitrogen functional groups attached to an aromatic ring is 2. The van der Waals surface area contributed by atoms with Crippen molar-refractivity contribution >= 4 is 34.6 Å². The first-order chi connectivity index (χ1) is 7.59. The number of pyridine rings is 2. The SMILES string of the molecule is Nc1ccnc(-c2ncc(Cl)c(N)c2Cl)c1. The highest BCUT2D eigenvalue weighted by atomic mass is 35.5. The summed E-state index contributed by atoms with van der Waals surface area (Å²) in [5.41, 5.74) is 13.2. The van der Waals surface area contributed by atoms with Crippen LogP contribution in [-0.4, -0.2) is 9.97 Å². The first kappa shape index (κ1) is 11.0. The third-order valence-electron chi connectivity index (χ3n) is 2.04. The van der Waals surface area contributed by atoms with E-state index in [2.05, 4.69) is 9.97 Å². The highest BCUT2D eigenvalue weighted by molar-refractivity contribution is 6.40. The molecule has 0 spiro atoms. The van der Waals surface area contributed by atoms with E-state index in [1.54, 1.807) is 18.3 Å². The maximum Gasteiger partial charge on any atom is 0.109 e. The molecule has 0 unspecified atom stereocenters. The molecule has 0 aromatic carbocycles. The van der Waals surface area contributed by atoms with Crippen LogP contribution in [0.3, 0.4) is 0 Å². The van der Waals surface area contributed by atoms with E-state index >= 15 is 0 Å². The topological polar surface area (TPSA) is 77.8 Å². The number of nitrogens with two attached hydrogens (primary N) is 2. The van der Waals surface area contributed by atoms with Crippen molar-refractivity contribution < 1.29 is 0 Å². The van der Waals surface area contributed by atoms with Gasteiger partial charge >= 0.3 is 0 Å². The number of rotatable bonds is 1. The van der Waals surface area contributed by atoms with Crippen LogP contribution in [0, 0.1) is 0 Å². The van der Waals surface area contributed by atoms with Crippen LogP contribution in [0.25, 0.3) is 11.4 Å². The minimum atomic E-state index is 0.283. The molecule has 0 aliphatic heterocycles. The molecule has 6 heteroatoms. The molecule has 0 aliphatic rings. The summed E-state index contributed by atoms with van der Waals surface area (Å²) >= 11 is 11.8. The number of hydrogen-bond donors (Lipinski definition) is 2. The molecule has 2 rings (SSSR count). The highest BCUT2D eigenvalue weighted by Crippen LogP contribution is 2.33. The van der Waals surface area contributed by atoms with Crippen LogP contribution in [0.15, 0.2) is 24.5 Å². The predicted molar refractivity (Wildman–Crippen MR) is 66.3 cm³/mol. The van der Waals surface area contributed by atoms with Gasteiger partial charge in [-0.2, -0.15) is 0 Å². The van der Waals surface area contributed by atoms with E-state index in [1.165, 1.54) is 6.20 Å². The standard InChI is InChI=1S/C10H8Cl2N4/c11-6-4-16-10(8(12)9(6)14)7-3-5(13)1-2-15-7/h1-4H,(H2,13,15)(H2,14,16). The van der Waals surface area contributed by atoms with Crippen molar-refractivity contribution in [3.8, 4) is 11.4 Å². The van der Waals surface area contributed by atoms with Crippen LogP contribution in [0.2, 0.25) is 10.0 Å². The fraction of sp³-hybridized carbons (Fsp3) is 0. The second-order valence-corrected chi connectivity index (χ2v) is 3.94. The van der Waals surface area contributed by atoms with Gasteiger partial charge in [-0.1, -0.05) is 23.2 Å². The Morgan fingerprint density at radius 1 is 1.12 bits per heavy atom. The van der Waals surface area contributed by atoms with Gasteiger partial charge in [-0.25, -0.2) is 0 Å². The normalized spacial score (nSPS) is 10.4. The van der Waals surface area contributed by atoms with E-state index in [0.29, 0.717) is 22.1 Å². The third kappa shape index (κ3) is 1.89. The van der Waals surface area contributed by atoms with Crippen molar-refractivity contribution in [3.63, 3.8) is 0 Å². The minimum Gasteiger partial charge on any atom is -0.399 e. The van der Waals surface area contributed by atoms with Gasteiger partial charge in [0.25, 0.3) is 0 Å². The van der Waals surface area contributed by atoms with Crippen LogP contribution < -0.4 is 11.5 Å². The van der Waals surface area contributed by atoms with Crippen LogP contribution >= 0.6 is 23.2 Å². The van der Waals surface area contributed by atoms with Crippen LogP contribution in [0.5, 0.6) is 0 Å². The van der Waals surface area contributed by atoms with Crippen molar-refractivity contribution in [2.45, 2.75) is 0 Å². The zero-order valence-corrected chi connectivity index (χ0v) is 9.63. The first-order valence-corrected chi connectivity index (χ1v) is 5.16. The molecule has 0 aliphatic carbocycles. The van der Waals surface area contributed by atoms with Gasteiger partial charge in [0.05, 0.1) is 21.4 Å². The van der Waals surface area contributed by atoms with E-state index in [1.807, 2.05) is 0 Å². The molecule has 0 atom stereocenters. The summed E-state index contributed by atoms with van der Waals surface area (Å²) in [4.78, 5) is 8.20. The molecule has 0 amide bonds. The molecular weight excluding hydrogens is 247 g/mol. The molecule has 2 aromatic rings. The molecule has 0 radical (unpaired) electrons. The second kappa shape index (κ2) is 4.15. The number of nitrogens with zero attached hydrogens (tertiary/aromatic N) is 2. The Hall–Kier alpha value is -1.52. The lowest BCUT2D eigenvalue weighted by Gasteiger charge is -2.06. The number of anilines is 2. The summed E-state index contributed by atoms with van der Waals surface area (Å²) in [6, 6.07) is 3.35. The first-order valence-electron chi connectivity index (χ1n) is 4.41. The molecule has 2 aromatic heterocycles. The van der Waals surface area contributed by atoms with Crippen molar-refractivity contribution in [1.82, 2.24) is 9.97 Å². The van der Waals surface area contributed by atoms with E-state index in [-0.39, 0.29) is 10.7 Å². The number of halogens is 2.